The zero-order chi connectivity index (χ0) is 11.3. The van der Waals surface area contributed by atoms with E-state index in [0.29, 0.717) is 25.4 Å². The Morgan fingerprint density at radius 2 is 2.40 bits per heavy atom. The predicted octanol–water partition coefficient (Wildman–Crippen LogP) is 0.152. The Kier molecular flexibility index (Phi) is 4.51. The number of carbonyl (C=O) groups is 1. The van der Waals surface area contributed by atoms with Gasteiger partial charge in [0.15, 0.2) is 5.69 Å². The second kappa shape index (κ2) is 5.67. The lowest BCUT2D eigenvalue weighted by atomic mass is 10.3. The summed E-state index contributed by atoms with van der Waals surface area (Å²) in [6, 6.07) is 0. The number of halogens is 1. The van der Waals surface area contributed by atoms with Crippen molar-refractivity contribution in [2.45, 2.75) is 19.3 Å². The quantitative estimate of drug-likeness (QED) is 0.577. The van der Waals surface area contributed by atoms with Crippen molar-refractivity contribution >= 4 is 17.6 Å². The maximum absolute atomic E-state index is 11.4. The number of alkyl halides is 1. The van der Waals surface area contributed by atoms with Crippen molar-refractivity contribution in [1.29, 1.82) is 0 Å². The number of nitrogens with two attached hydrogens (primary N) is 1. The highest BCUT2D eigenvalue weighted by Crippen LogP contribution is 2.09. The maximum atomic E-state index is 11.4. The number of hydrogen-bond acceptors (Lipinski definition) is 5. The van der Waals surface area contributed by atoms with Gasteiger partial charge in [0.2, 0.25) is 0 Å². The third-order valence-corrected chi connectivity index (χ3v) is 2.03. The van der Waals surface area contributed by atoms with Gasteiger partial charge in [-0.3, -0.25) is 0 Å². The third-order valence-electron chi connectivity index (χ3n) is 1.77. The summed E-state index contributed by atoms with van der Waals surface area (Å²) >= 11 is 5.71. The largest absolute Gasteiger partial charge is 0.461 e. The average molecular weight is 233 g/mol. The van der Waals surface area contributed by atoms with E-state index in [-0.39, 0.29) is 11.6 Å². The molecule has 84 valence electrons. The first kappa shape index (κ1) is 11.9. The minimum atomic E-state index is -0.503. The molecule has 0 unspecified atom stereocenters. The van der Waals surface area contributed by atoms with Crippen molar-refractivity contribution < 1.29 is 9.53 Å². The van der Waals surface area contributed by atoms with Gasteiger partial charge in [-0.25, -0.2) is 9.48 Å². The van der Waals surface area contributed by atoms with Crippen LogP contribution in [-0.4, -0.2) is 34.1 Å². The SMILES string of the molecule is CCOC(=O)c1nnn(CCN)c1CCl. The van der Waals surface area contributed by atoms with Gasteiger partial charge in [0, 0.05) is 6.54 Å². The van der Waals surface area contributed by atoms with Crippen molar-refractivity contribution in [2.75, 3.05) is 13.2 Å². The predicted molar refractivity (Wildman–Crippen MR) is 54.6 cm³/mol. The highest BCUT2D eigenvalue weighted by atomic mass is 35.5. The van der Waals surface area contributed by atoms with Gasteiger partial charge in [-0.2, -0.15) is 0 Å². The van der Waals surface area contributed by atoms with Gasteiger partial charge in [-0.15, -0.1) is 16.7 Å². The van der Waals surface area contributed by atoms with Gasteiger partial charge in [0.05, 0.1) is 24.7 Å². The molecule has 6 nitrogen and oxygen atoms in total. The molecule has 7 heteroatoms. The van der Waals surface area contributed by atoms with Gasteiger partial charge in [0.25, 0.3) is 0 Å². The van der Waals surface area contributed by atoms with Gasteiger partial charge in [0.1, 0.15) is 0 Å². The number of nitrogens with zero attached hydrogens (tertiary/aromatic N) is 3. The first-order valence-corrected chi connectivity index (χ1v) is 5.13. The lowest BCUT2D eigenvalue weighted by molar-refractivity contribution is 0.0518. The zero-order valence-electron chi connectivity index (χ0n) is 8.44. The van der Waals surface area contributed by atoms with E-state index in [1.165, 1.54) is 4.68 Å². The van der Waals surface area contributed by atoms with E-state index in [1.54, 1.807) is 6.92 Å². The van der Waals surface area contributed by atoms with Gasteiger partial charge < -0.3 is 10.5 Å². The first-order valence-electron chi connectivity index (χ1n) is 4.60. The highest BCUT2D eigenvalue weighted by molar-refractivity contribution is 6.17. The Morgan fingerprint density at radius 1 is 1.67 bits per heavy atom. The van der Waals surface area contributed by atoms with Crippen LogP contribution in [0.5, 0.6) is 0 Å². The van der Waals surface area contributed by atoms with Crippen LogP contribution in [0.15, 0.2) is 0 Å². The molecule has 1 aromatic heterocycles. The molecule has 0 fully saturated rings. The van der Waals surface area contributed by atoms with Crippen molar-refractivity contribution in [3.63, 3.8) is 0 Å². The molecule has 0 spiro atoms. The fourth-order valence-corrected chi connectivity index (χ4v) is 1.39. The van der Waals surface area contributed by atoms with Crippen molar-refractivity contribution in [3.05, 3.63) is 11.4 Å². The van der Waals surface area contributed by atoms with Crippen LogP contribution in [0.2, 0.25) is 0 Å². The van der Waals surface area contributed by atoms with Crippen LogP contribution in [0.25, 0.3) is 0 Å². The number of ether oxygens (including phenoxy) is 1. The van der Waals surface area contributed by atoms with E-state index >= 15 is 0 Å². The molecular formula is C8H13ClN4O2. The van der Waals surface area contributed by atoms with Gasteiger partial charge >= 0.3 is 5.97 Å². The zero-order valence-corrected chi connectivity index (χ0v) is 9.20. The molecule has 0 saturated heterocycles. The first-order chi connectivity index (χ1) is 7.24. The van der Waals surface area contributed by atoms with Crippen LogP contribution >= 0.6 is 11.6 Å². The summed E-state index contributed by atoms with van der Waals surface area (Å²) in [7, 11) is 0. The molecule has 0 aliphatic heterocycles. The molecule has 0 aromatic carbocycles. The standard InChI is InChI=1S/C8H13ClN4O2/c1-2-15-8(14)7-6(5-9)13(4-3-10)12-11-7/h2-5,10H2,1H3. The summed E-state index contributed by atoms with van der Waals surface area (Å²) in [5, 5.41) is 7.50. The molecule has 0 atom stereocenters. The lowest BCUT2D eigenvalue weighted by Gasteiger charge is -2.02. The minimum Gasteiger partial charge on any atom is -0.461 e. The summed E-state index contributed by atoms with van der Waals surface area (Å²) in [4.78, 5) is 11.4. The van der Waals surface area contributed by atoms with Crippen molar-refractivity contribution in [3.8, 4) is 0 Å². The molecule has 15 heavy (non-hydrogen) atoms. The number of hydrogen-bond donors (Lipinski definition) is 1. The summed E-state index contributed by atoms with van der Waals surface area (Å²) in [6.45, 7) is 2.91. The number of aromatic nitrogens is 3. The summed E-state index contributed by atoms with van der Waals surface area (Å²) < 4.78 is 6.33. The molecular weight excluding hydrogens is 220 g/mol. The van der Waals surface area contributed by atoms with E-state index in [0.717, 1.165) is 0 Å². The smallest absolute Gasteiger partial charge is 0.360 e. The van der Waals surface area contributed by atoms with E-state index in [9.17, 15) is 4.79 Å². The molecule has 0 aliphatic rings. The Balaban J connectivity index is 2.92. The van der Waals surface area contributed by atoms with Gasteiger partial charge in [-0.05, 0) is 6.92 Å². The Labute approximate surface area is 92.3 Å². The molecule has 1 rings (SSSR count). The second-order valence-corrected chi connectivity index (χ2v) is 3.02. The molecule has 1 heterocycles. The van der Waals surface area contributed by atoms with E-state index in [1.807, 2.05) is 0 Å². The fourth-order valence-electron chi connectivity index (χ4n) is 1.12. The minimum absolute atomic E-state index is 0.154. The Bertz CT molecular complexity index is 339. The summed E-state index contributed by atoms with van der Waals surface area (Å²) in [6.07, 6.45) is 0. The fraction of sp³-hybridized carbons (Fsp3) is 0.625. The molecule has 2 N–H and O–H groups in total. The molecule has 0 radical (unpaired) electrons. The topological polar surface area (TPSA) is 83.0 Å². The molecule has 1 aromatic rings. The second-order valence-electron chi connectivity index (χ2n) is 2.75. The van der Waals surface area contributed by atoms with Crippen LogP contribution in [-0.2, 0) is 17.2 Å². The van der Waals surface area contributed by atoms with E-state index in [2.05, 4.69) is 10.3 Å². The third kappa shape index (κ3) is 2.66. The van der Waals surface area contributed by atoms with Crippen LogP contribution in [0.1, 0.15) is 23.1 Å². The van der Waals surface area contributed by atoms with E-state index < -0.39 is 5.97 Å². The normalized spacial score (nSPS) is 10.3. The van der Waals surface area contributed by atoms with Gasteiger partial charge in [-0.1, -0.05) is 5.21 Å². The van der Waals surface area contributed by atoms with Crippen molar-refractivity contribution in [2.24, 2.45) is 5.73 Å². The number of carbonyl (C=O) groups excluding carboxylic acids is 1. The Hall–Kier alpha value is -1.14. The van der Waals surface area contributed by atoms with Crippen LogP contribution in [0, 0.1) is 0 Å². The number of rotatable bonds is 5. The van der Waals surface area contributed by atoms with Crippen molar-refractivity contribution in [1.82, 2.24) is 15.0 Å². The van der Waals surface area contributed by atoms with Crippen LogP contribution < -0.4 is 5.73 Å². The molecule has 0 saturated carbocycles. The lowest BCUT2D eigenvalue weighted by Crippen LogP contribution is -2.14. The highest BCUT2D eigenvalue weighted by Gasteiger charge is 2.19. The number of esters is 1. The van der Waals surface area contributed by atoms with Crippen LogP contribution in [0.3, 0.4) is 0 Å². The molecule has 0 aliphatic carbocycles. The Morgan fingerprint density at radius 3 is 2.93 bits per heavy atom. The monoisotopic (exact) mass is 232 g/mol. The molecule has 0 bridgehead atoms. The average Bonchev–Trinajstić information content (AvgIpc) is 2.62. The van der Waals surface area contributed by atoms with Crippen LogP contribution in [0.4, 0.5) is 0 Å². The summed E-state index contributed by atoms with van der Waals surface area (Å²) in [5.41, 5.74) is 6.09. The summed E-state index contributed by atoms with van der Waals surface area (Å²) in [5.74, 6) is -0.349. The molecule has 0 amide bonds. The van der Waals surface area contributed by atoms with E-state index in [4.69, 9.17) is 22.1 Å². The maximum Gasteiger partial charge on any atom is 0.360 e.